The Morgan fingerprint density at radius 3 is 2.12 bits per heavy atom. The highest BCUT2D eigenvalue weighted by molar-refractivity contribution is 5.88. The summed E-state index contributed by atoms with van der Waals surface area (Å²) in [6.07, 6.45) is -15.5. The van der Waals surface area contributed by atoms with Crippen molar-refractivity contribution in [2.45, 2.75) is 62.0 Å². The number of ketones is 1. The SMILES string of the molecule is CC(O)C(O)C(=O)C(OC1OC(CO)C(O)C(O)C1O)C(O)CO. The van der Waals surface area contributed by atoms with Crippen LogP contribution in [-0.4, -0.2) is 115 Å². The largest absolute Gasteiger partial charge is 0.394 e. The molecule has 9 atom stereocenters. The molecule has 1 fully saturated rings. The molecule has 11 heteroatoms. The highest BCUT2D eigenvalue weighted by atomic mass is 16.7. The van der Waals surface area contributed by atoms with E-state index in [2.05, 4.69) is 0 Å². The predicted molar refractivity (Wildman–Crippen MR) is 74.4 cm³/mol. The van der Waals surface area contributed by atoms with Gasteiger partial charge in [-0.25, -0.2) is 0 Å². The van der Waals surface area contributed by atoms with Gasteiger partial charge in [0.2, 0.25) is 0 Å². The number of ether oxygens (including phenoxy) is 2. The van der Waals surface area contributed by atoms with Crippen molar-refractivity contribution in [1.29, 1.82) is 0 Å². The number of Topliss-reactive ketones (excluding diaryl/α,β-unsaturated/α-hetero) is 1. The van der Waals surface area contributed by atoms with Gasteiger partial charge in [-0.15, -0.1) is 0 Å². The van der Waals surface area contributed by atoms with E-state index in [0.717, 1.165) is 6.92 Å². The summed E-state index contributed by atoms with van der Waals surface area (Å²) in [7, 11) is 0. The third-order valence-electron chi connectivity index (χ3n) is 3.69. The third kappa shape index (κ3) is 4.67. The second-order valence-electron chi connectivity index (χ2n) is 5.59. The molecule has 0 radical (unpaired) electrons. The van der Waals surface area contributed by atoms with Crippen molar-refractivity contribution in [1.82, 2.24) is 0 Å². The summed E-state index contributed by atoms with van der Waals surface area (Å²) in [5, 5.41) is 75.8. The predicted octanol–water partition coefficient (Wildman–Crippen LogP) is -5.16. The maximum atomic E-state index is 12.1. The van der Waals surface area contributed by atoms with Crippen LogP contribution in [0.25, 0.3) is 0 Å². The number of rotatable bonds is 8. The van der Waals surface area contributed by atoms with Crippen LogP contribution in [0.5, 0.6) is 0 Å². The maximum Gasteiger partial charge on any atom is 0.195 e. The number of aliphatic hydroxyl groups excluding tert-OH is 8. The molecule has 0 aromatic heterocycles. The van der Waals surface area contributed by atoms with Crippen molar-refractivity contribution >= 4 is 5.78 Å². The minimum atomic E-state index is -1.94. The molecule has 1 heterocycles. The summed E-state index contributed by atoms with van der Waals surface area (Å²) in [5.41, 5.74) is 0. The summed E-state index contributed by atoms with van der Waals surface area (Å²) in [6.45, 7) is -0.568. The highest BCUT2D eigenvalue weighted by Gasteiger charge is 2.47. The Morgan fingerprint density at radius 1 is 1.08 bits per heavy atom. The standard InChI is InChI=1S/C13H24O11/c1-4(16)7(18)10(21)12(5(17)2-14)24-13-11(22)9(20)8(19)6(3-15)23-13/h4-9,11-20,22H,2-3H2,1H3. The molecule has 0 aliphatic carbocycles. The molecule has 1 aliphatic heterocycles. The Bertz CT molecular complexity index is 401. The second kappa shape index (κ2) is 9.10. The van der Waals surface area contributed by atoms with E-state index in [1.807, 2.05) is 0 Å². The Hall–Kier alpha value is -0.730. The Balaban J connectivity index is 2.95. The number of aliphatic hydroxyl groups is 8. The van der Waals surface area contributed by atoms with Crippen LogP contribution >= 0.6 is 0 Å². The van der Waals surface area contributed by atoms with Crippen molar-refractivity contribution in [3.63, 3.8) is 0 Å². The van der Waals surface area contributed by atoms with E-state index in [4.69, 9.17) is 19.7 Å². The molecule has 0 bridgehead atoms. The smallest absolute Gasteiger partial charge is 0.195 e. The summed E-state index contributed by atoms with van der Waals surface area (Å²) in [4.78, 5) is 12.1. The van der Waals surface area contributed by atoms with Crippen molar-refractivity contribution in [2.24, 2.45) is 0 Å². The molecule has 8 N–H and O–H groups in total. The third-order valence-corrected chi connectivity index (χ3v) is 3.69. The van der Waals surface area contributed by atoms with Gasteiger partial charge in [-0.05, 0) is 6.92 Å². The van der Waals surface area contributed by atoms with E-state index >= 15 is 0 Å². The average molecular weight is 356 g/mol. The normalized spacial score (nSPS) is 36.0. The fraction of sp³-hybridized carbons (Fsp3) is 0.923. The van der Waals surface area contributed by atoms with Crippen LogP contribution in [0.4, 0.5) is 0 Å². The minimum absolute atomic E-state index is 0.734. The summed E-state index contributed by atoms with van der Waals surface area (Å²) >= 11 is 0. The number of hydrogen-bond acceptors (Lipinski definition) is 11. The van der Waals surface area contributed by atoms with Gasteiger partial charge in [-0.1, -0.05) is 0 Å². The molecular weight excluding hydrogens is 332 g/mol. The van der Waals surface area contributed by atoms with Crippen LogP contribution in [0, 0.1) is 0 Å². The van der Waals surface area contributed by atoms with E-state index in [1.165, 1.54) is 0 Å². The van der Waals surface area contributed by atoms with Crippen LogP contribution in [0.1, 0.15) is 6.92 Å². The van der Waals surface area contributed by atoms with Crippen molar-refractivity contribution in [2.75, 3.05) is 13.2 Å². The van der Waals surface area contributed by atoms with Gasteiger partial charge in [0.05, 0.1) is 19.3 Å². The zero-order valence-electron chi connectivity index (χ0n) is 12.9. The van der Waals surface area contributed by atoms with E-state index in [9.17, 15) is 35.4 Å². The van der Waals surface area contributed by atoms with Gasteiger partial charge in [0, 0.05) is 0 Å². The lowest BCUT2D eigenvalue weighted by atomic mass is 9.98. The maximum absolute atomic E-state index is 12.1. The van der Waals surface area contributed by atoms with Crippen LogP contribution in [0.2, 0.25) is 0 Å². The summed E-state index contributed by atoms with van der Waals surface area (Å²) in [6, 6.07) is 0. The quantitative estimate of drug-likeness (QED) is 0.207. The first kappa shape index (κ1) is 21.3. The molecule has 1 rings (SSSR count). The monoisotopic (exact) mass is 356 g/mol. The van der Waals surface area contributed by atoms with E-state index in [-0.39, 0.29) is 0 Å². The topological polar surface area (TPSA) is 197 Å². The molecule has 142 valence electrons. The molecule has 0 aromatic rings. The molecule has 9 unspecified atom stereocenters. The summed E-state index contributed by atoms with van der Waals surface area (Å²) < 4.78 is 10.1. The van der Waals surface area contributed by atoms with Crippen molar-refractivity contribution < 1.29 is 55.1 Å². The summed E-state index contributed by atoms with van der Waals surface area (Å²) in [5.74, 6) is -1.19. The molecule has 24 heavy (non-hydrogen) atoms. The first-order valence-corrected chi connectivity index (χ1v) is 7.30. The van der Waals surface area contributed by atoms with Crippen LogP contribution in [0.15, 0.2) is 0 Å². The molecule has 0 amide bonds. The second-order valence-corrected chi connectivity index (χ2v) is 5.59. The number of hydrogen-bond donors (Lipinski definition) is 8. The molecule has 1 aliphatic rings. The van der Waals surface area contributed by atoms with Crippen LogP contribution < -0.4 is 0 Å². The molecular formula is C13H24O11. The molecule has 0 saturated carbocycles. The zero-order valence-corrected chi connectivity index (χ0v) is 12.9. The van der Waals surface area contributed by atoms with E-state index < -0.39 is 74.1 Å². The van der Waals surface area contributed by atoms with Crippen molar-refractivity contribution in [3.8, 4) is 0 Å². The lowest BCUT2D eigenvalue weighted by Gasteiger charge is -2.41. The lowest BCUT2D eigenvalue weighted by Crippen LogP contribution is -2.61. The zero-order chi connectivity index (χ0) is 18.6. The van der Waals surface area contributed by atoms with Gasteiger partial charge < -0.3 is 50.3 Å². The van der Waals surface area contributed by atoms with Crippen molar-refractivity contribution in [3.05, 3.63) is 0 Å². The minimum Gasteiger partial charge on any atom is -0.394 e. The first-order chi connectivity index (χ1) is 11.1. The molecule has 0 spiro atoms. The number of carbonyl (C=O) groups is 1. The fourth-order valence-electron chi connectivity index (χ4n) is 2.17. The Morgan fingerprint density at radius 2 is 1.67 bits per heavy atom. The molecule has 1 saturated heterocycles. The van der Waals surface area contributed by atoms with E-state index in [0.29, 0.717) is 0 Å². The first-order valence-electron chi connectivity index (χ1n) is 7.30. The van der Waals surface area contributed by atoms with Gasteiger partial charge in [-0.2, -0.15) is 0 Å². The fourth-order valence-corrected chi connectivity index (χ4v) is 2.17. The van der Waals surface area contributed by atoms with Gasteiger partial charge >= 0.3 is 0 Å². The molecule has 0 aromatic carbocycles. The van der Waals surface area contributed by atoms with Gasteiger partial charge in [0.25, 0.3) is 0 Å². The van der Waals surface area contributed by atoms with Gasteiger partial charge in [-0.3, -0.25) is 4.79 Å². The molecule has 11 nitrogen and oxygen atoms in total. The van der Waals surface area contributed by atoms with Crippen LogP contribution in [0.3, 0.4) is 0 Å². The van der Waals surface area contributed by atoms with Gasteiger partial charge in [0.15, 0.2) is 12.1 Å². The Kier molecular flexibility index (Phi) is 8.08. The van der Waals surface area contributed by atoms with Crippen LogP contribution in [-0.2, 0) is 14.3 Å². The highest BCUT2D eigenvalue weighted by Crippen LogP contribution is 2.24. The number of carbonyl (C=O) groups excluding carboxylic acids is 1. The lowest BCUT2D eigenvalue weighted by molar-refractivity contribution is -0.314. The van der Waals surface area contributed by atoms with Gasteiger partial charge in [0.1, 0.15) is 42.7 Å². The Labute approximate surface area is 137 Å². The average Bonchev–Trinajstić information content (AvgIpc) is 2.57. The van der Waals surface area contributed by atoms with E-state index in [1.54, 1.807) is 0 Å².